The molecule has 0 spiro atoms. The molecule has 6 atom stereocenters. The molecule has 1 aromatic heterocycles. The maximum absolute atomic E-state index is 14.4. The molecule has 11 nitrogen and oxygen atoms in total. The summed E-state index contributed by atoms with van der Waals surface area (Å²) in [5.41, 5.74) is -0.643. The number of hydrogen-bond donors (Lipinski definition) is 2. The largest absolute Gasteiger partial charge is 0.479 e. The van der Waals surface area contributed by atoms with Crippen LogP contribution in [0.1, 0.15) is 76.2 Å². The van der Waals surface area contributed by atoms with Crippen molar-refractivity contribution >= 4 is 40.6 Å². The number of amides is 3. The molecule has 3 aliphatic heterocycles. The molecule has 0 radical (unpaired) electrons. The van der Waals surface area contributed by atoms with Gasteiger partial charge in [-0.25, -0.2) is 4.79 Å². The second kappa shape index (κ2) is 12.5. The molecule has 1 saturated carbocycles. The molecule has 1 aliphatic carbocycles. The normalized spacial score (nSPS) is 30.4. The van der Waals surface area contributed by atoms with Crippen LogP contribution >= 0.6 is 0 Å². The van der Waals surface area contributed by atoms with Crippen LogP contribution < -0.4 is 5.32 Å². The minimum Gasteiger partial charge on any atom is -0.479 e. The van der Waals surface area contributed by atoms with Crippen LogP contribution in [-0.2, 0) is 31.0 Å². The summed E-state index contributed by atoms with van der Waals surface area (Å²) in [5, 5.41) is 14.0. The number of hydrogen-bond acceptors (Lipinski definition) is 6. The fourth-order valence-corrected chi connectivity index (χ4v) is 7.91. The van der Waals surface area contributed by atoms with Crippen LogP contribution in [0.5, 0.6) is 0 Å². The van der Waals surface area contributed by atoms with E-state index < -0.39 is 40.9 Å². The maximum Gasteiger partial charge on any atom is 0.330 e. The second-order valence-electron chi connectivity index (χ2n) is 14.8. The van der Waals surface area contributed by atoms with Crippen molar-refractivity contribution in [3.05, 3.63) is 48.2 Å². The number of carboxylic acids is 1. The molecule has 2 saturated heterocycles. The van der Waals surface area contributed by atoms with Gasteiger partial charge in [0.25, 0.3) is 5.91 Å². The molecule has 11 heteroatoms. The van der Waals surface area contributed by atoms with Crippen LogP contribution in [0.15, 0.2) is 42.5 Å². The number of ether oxygens (including phenoxy) is 1. The average molecular weight is 647 g/mol. The van der Waals surface area contributed by atoms with E-state index in [9.17, 15) is 29.1 Å². The van der Waals surface area contributed by atoms with Gasteiger partial charge in [-0.05, 0) is 58.6 Å². The summed E-state index contributed by atoms with van der Waals surface area (Å²) in [5.74, 6) is -4.08. The molecule has 6 rings (SSSR count). The monoisotopic (exact) mass is 646 g/mol. The summed E-state index contributed by atoms with van der Waals surface area (Å²) in [7, 11) is 1.86. The zero-order valence-electron chi connectivity index (χ0n) is 27.7. The molecule has 47 heavy (non-hydrogen) atoms. The Morgan fingerprint density at radius 2 is 1.83 bits per heavy atom. The van der Waals surface area contributed by atoms with E-state index in [0.717, 1.165) is 36.6 Å². The predicted octanol–water partition coefficient (Wildman–Crippen LogP) is 3.91. The number of nitrogens with zero attached hydrogens (tertiary/aromatic N) is 3. The Labute approximate surface area is 275 Å². The van der Waals surface area contributed by atoms with Gasteiger partial charge in [-0.2, -0.15) is 0 Å². The number of aryl methyl sites for hydroxylation is 1. The molecule has 0 unspecified atom stereocenters. The van der Waals surface area contributed by atoms with Gasteiger partial charge in [0.1, 0.15) is 22.9 Å². The molecule has 3 amide bonds. The number of benzene rings is 1. The van der Waals surface area contributed by atoms with Gasteiger partial charge in [0, 0.05) is 61.3 Å². The highest BCUT2D eigenvalue weighted by Gasteiger charge is 2.62. The number of allylic oxidation sites excluding steroid dienone is 1. The fraction of sp³-hybridized carbons (Fsp3) is 0.583. The van der Waals surface area contributed by atoms with Gasteiger partial charge in [0.05, 0.1) is 6.42 Å². The van der Waals surface area contributed by atoms with Crippen molar-refractivity contribution < 1.29 is 33.8 Å². The van der Waals surface area contributed by atoms with Crippen LogP contribution in [-0.4, -0.2) is 85.9 Å². The predicted molar refractivity (Wildman–Crippen MR) is 174 cm³/mol. The first-order valence-electron chi connectivity index (χ1n) is 16.9. The van der Waals surface area contributed by atoms with Gasteiger partial charge in [-0.15, -0.1) is 0 Å². The van der Waals surface area contributed by atoms with Crippen molar-refractivity contribution in [3.8, 4) is 0 Å². The Morgan fingerprint density at radius 3 is 2.55 bits per heavy atom. The van der Waals surface area contributed by atoms with Crippen molar-refractivity contribution in [2.45, 2.75) is 82.9 Å². The number of esters is 1. The number of aromatic nitrogens is 1. The van der Waals surface area contributed by atoms with E-state index in [1.807, 2.05) is 54.1 Å². The number of likely N-dealkylation sites (tertiary alicyclic amines) is 1. The number of carbonyl (C=O) groups excluding carboxylic acids is 4. The lowest BCUT2D eigenvalue weighted by molar-refractivity contribution is -0.159. The molecule has 2 aromatic rings. The average Bonchev–Trinajstić information content (AvgIpc) is 3.25. The Balaban J connectivity index is 1.29. The molecule has 252 valence electrons. The van der Waals surface area contributed by atoms with Crippen molar-refractivity contribution in [1.82, 2.24) is 19.7 Å². The second-order valence-corrected chi connectivity index (χ2v) is 14.8. The highest BCUT2D eigenvalue weighted by atomic mass is 16.6. The smallest absolute Gasteiger partial charge is 0.330 e. The lowest BCUT2D eigenvalue weighted by atomic mass is 9.92. The van der Waals surface area contributed by atoms with E-state index in [1.54, 1.807) is 30.6 Å². The van der Waals surface area contributed by atoms with E-state index in [1.165, 1.54) is 0 Å². The molecular weight excluding hydrogens is 600 g/mol. The van der Waals surface area contributed by atoms with Crippen molar-refractivity contribution in [2.24, 2.45) is 30.7 Å². The molecule has 2 N–H and O–H groups in total. The number of aliphatic carboxylic acids is 1. The number of para-hydroxylation sites is 1. The first-order valence-corrected chi connectivity index (χ1v) is 16.9. The maximum atomic E-state index is 14.4. The first-order chi connectivity index (χ1) is 22.3. The summed E-state index contributed by atoms with van der Waals surface area (Å²) < 4.78 is 7.46. The van der Waals surface area contributed by atoms with E-state index in [0.29, 0.717) is 18.7 Å². The number of rotatable bonds is 4. The molecule has 0 bridgehead atoms. The van der Waals surface area contributed by atoms with Gasteiger partial charge in [-0.1, -0.05) is 43.2 Å². The van der Waals surface area contributed by atoms with E-state index in [2.05, 4.69) is 5.32 Å². The minimum atomic E-state index is -1.42. The number of carbonyl (C=O) groups is 5. The van der Waals surface area contributed by atoms with Crippen molar-refractivity contribution in [3.63, 3.8) is 0 Å². The number of carboxylic acid groups (broad SMARTS) is 1. The minimum absolute atomic E-state index is 0.0943. The van der Waals surface area contributed by atoms with E-state index >= 15 is 0 Å². The Morgan fingerprint density at radius 1 is 1.06 bits per heavy atom. The quantitative estimate of drug-likeness (QED) is 0.380. The van der Waals surface area contributed by atoms with Gasteiger partial charge in [-0.3, -0.25) is 19.2 Å². The van der Waals surface area contributed by atoms with Gasteiger partial charge in [0.15, 0.2) is 0 Å². The van der Waals surface area contributed by atoms with Gasteiger partial charge in [0.2, 0.25) is 11.8 Å². The highest BCUT2D eigenvalue weighted by Crippen LogP contribution is 2.46. The summed E-state index contributed by atoms with van der Waals surface area (Å²) in [6.45, 7) is 6.22. The number of fused-ring (bicyclic) bond motifs is 5. The SMILES string of the molecule is Cn1c(C(=O)N2C[C@H]3CN4C(=O)[C@H](CC(=O)OC(C)(C)C)CCCCC/C=C\[C@@H]5C[C@@]5(C(=O)O)NC(=O)[C@@H]4[C@H]3C2)cc2ccccc21. The van der Waals surface area contributed by atoms with E-state index in [4.69, 9.17) is 4.74 Å². The third kappa shape index (κ3) is 6.41. The third-order valence-corrected chi connectivity index (χ3v) is 10.4. The zero-order valence-corrected chi connectivity index (χ0v) is 27.7. The van der Waals surface area contributed by atoms with Crippen molar-refractivity contribution in [1.29, 1.82) is 0 Å². The Kier molecular flexibility index (Phi) is 8.69. The molecule has 4 heterocycles. The summed E-state index contributed by atoms with van der Waals surface area (Å²) in [6, 6.07) is 8.68. The van der Waals surface area contributed by atoms with Crippen LogP contribution in [0.3, 0.4) is 0 Å². The molecule has 3 fully saturated rings. The molecular formula is C36H46N4O7. The lowest BCUT2D eigenvalue weighted by Crippen LogP contribution is -2.56. The van der Waals surface area contributed by atoms with Crippen LogP contribution in [0.2, 0.25) is 0 Å². The Hall–Kier alpha value is -4.15. The fourth-order valence-electron chi connectivity index (χ4n) is 7.91. The standard InChI is InChI=1S/C36H46N4O7/c1-35(2,3)47-29(41)17-23-13-8-6-5-7-9-14-25-18-36(25,34(45)46)37-31(42)30-26-21-39(19-24(26)20-40(30)32(23)43)33(44)28-16-22-12-10-11-15-27(22)38(28)4/h9-12,14-16,23-26,30H,5-8,13,17-21H2,1-4H3,(H,37,42)(H,45,46)/b14-9-/t23-,24-,25+,26-,30-,36+/m0/s1. The van der Waals surface area contributed by atoms with Gasteiger partial charge >= 0.3 is 11.9 Å². The zero-order chi connectivity index (χ0) is 33.7. The summed E-state index contributed by atoms with van der Waals surface area (Å²) >= 11 is 0. The lowest BCUT2D eigenvalue weighted by Gasteiger charge is -2.32. The first kappa shape index (κ1) is 32.8. The Bertz CT molecular complexity index is 1620. The van der Waals surface area contributed by atoms with Gasteiger partial charge < -0.3 is 29.5 Å². The highest BCUT2D eigenvalue weighted by molar-refractivity contribution is 5.99. The molecule has 1 aromatic carbocycles. The van der Waals surface area contributed by atoms with E-state index in [-0.39, 0.29) is 55.5 Å². The topological polar surface area (TPSA) is 138 Å². The van der Waals surface area contributed by atoms with Crippen molar-refractivity contribution in [2.75, 3.05) is 19.6 Å². The third-order valence-electron chi connectivity index (χ3n) is 10.4. The van der Waals surface area contributed by atoms with Crippen LogP contribution in [0, 0.1) is 23.7 Å². The summed E-state index contributed by atoms with van der Waals surface area (Å²) in [4.78, 5) is 71.2. The molecule has 4 aliphatic rings. The van der Waals surface area contributed by atoms with Crippen LogP contribution in [0.4, 0.5) is 0 Å². The summed E-state index contributed by atoms with van der Waals surface area (Å²) in [6.07, 6.45) is 7.78. The number of nitrogens with one attached hydrogen (secondary N) is 1. The van der Waals surface area contributed by atoms with Crippen LogP contribution in [0.25, 0.3) is 10.9 Å².